The molecule has 0 bridgehead atoms. The van der Waals surface area contributed by atoms with E-state index in [-0.39, 0.29) is 11.7 Å². The van der Waals surface area contributed by atoms with Crippen molar-refractivity contribution < 1.29 is 14.3 Å². The summed E-state index contributed by atoms with van der Waals surface area (Å²) in [6.45, 7) is 5.34. The van der Waals surface area contributed by atoms with Gasteiger partial charge in [0.05, 0.1) is 30.0 Å². The zero-order valence-electron chi connectivity index (χ0n) is 16.6. The molecule has 0 unspecified atom stereocenters. The minimum absolute atomic E-state index is 0.182. The molecule has 0 radical (unpaired) electrons. The standard InChI is InChI=1S/C21H32N2O3S/c1-3-5-6-7-8-9-10-11-14-26-20(24)16-27-21-22-18-13-12-17(25-4-2)15-19(18)23-21/h12-13,15H,3-11,14,16H2,1-2H3,(H,22,23). The van der Waals surface area contributed by atoms with Crippen LogP contribution in [-0.2, 0) is 9.53 Å². The lowest BCUT2D eigenvalue weighted by Gasteiger charge is -2.04. The molecule has 150 valence electrons. The van der Waals surface area contributed by atoms with Crippen LogP contribution in [0.4, 0.5) is 0 Å². The predicted octanol–water partition coefficient (Wildman–Crippen LogP) is 5.74. The number of carbonyl (C=O) groups excluding carboxylic acids is 1. The molecule has 1 aromatic carbocycles. The van der Waals surface area contributed by atoms with Crippen LogP contribution in [0.5, 0.6) is 5.75 Å². The van der Waals surface area contributed by atoms with E-state index in [4.69, 9.17) is 9.47 Å². The first-order valence-electron chi connectivity index (χ1n) is 10.1. The molecular formula is C21H32N2O3S. The van der Waals surface area contributed by atoms with Gasteiger partial charge in [0.1, 0.15) is 5.75 Å². The van der Waals surface area contributed by atoms with E-state index < -0.39 is 0 Å². The van der Waals surface area contributed by atoms with Gasteiger partial charge in [0.25, 0.3) is 0 Å². The molecule has 0 fully saturated rings. The van der Waals surface area contributed by atoms with Crippen molar-refractivity contribution in [2.45, 2.75) is 70.4 Å². The number of hydrogen-bond acceptors (Lipinski definition) is 5. The van der Waals surface area contributed by atoms with Gasteiger partial charge in [0, 0.05) is 6.07 Å². The summed E-state index contributed by atoms with van der Waals surface area (Å²) < 4.78 is 10.8. The fraction of sp³-hybridized carbons (Fsp3) is 0.619. The Balaban J connectivity index is 1.59. The number of esters is 1. The number of hydrogen-bond donors (Lipinski definition) is 1. The van der Waals surface area contributed by atoms with E-state index in [0.717, 1.165) is 34.8 Å². The molecule has 2 aromatic rings. The maximum absolute atomic E-state index is 11.9. The van der Waals surface area contributed by atoms with Gasteiger partial charge in [-0.05, 0) is 25.5 Å². The number of benzene rings is 1. The van der Waals surface area contributed by atoms with Gasteiger partial charge in [-0.3, -0.25) is 4.79 Å². The molecule has 0 atom stereocenters. The van der Waals surface area contributed by atoms with Crippen molar-refractivity contribution in [3.63, 3.8) is 0 Å². The molecule has 0 aliphatic carbocycles. The Labute approximate surface area is 166 Å². The van der Waals surface area contributed by atoms with Crippen molar-refractivity contribution in [2.24, 2.45) is 0 Å². The number of ether oxygens (including phenoxy) is 2. The van der Waals surface area contributed by atoms with Gasteiger partial charge in [0.2, 0.25) is 0 Å². The molecule has 1 heterocycles. The quantitative estimate of drug-likeness (QED) is 0.252. The number of nitrogens with zero attached hydrogens (tertiary/aromatic N) is 1. The van der Waals surface area contributed by atoms with E-state index in [1.54, 1.807) is 0 Å². The van der Waals surface area contributed by atoms with Gasteiger partial charge in [-0.25, -0.2) is 4.98 Å². The fourth-order valence-electron chi connectivity index (χ4n) is 2.88. The average molecular weight is 393 g/mol. The molecule has 0 aliphatic rings. The number of nitrogens with one attached hydrogen (secondary N) is 1. The number of imidazole rings is 1. The first-order chi connectivity index (χ1) is 13.2. The Morgan fingerprint density at radius 2 is 1.81 bits per heavy atom. The monoisotopic (exact) mass is 392 g/mol. The number of unbranched alkanes of at least 4 members (excludes halogenated alkanes) is 7. The van der Waals surface area contributed by atoms with Crippen LogP contribution >= 0.6 is 11.8 Å². The second-order valence-electron chi connectivity index (χ2n) is 6.64. The lowest BCUT2D eigenvalue weighted by Crippen LogP contribution is -2.08. The van der Waals surface area contributed by atoms with Crippen molar-refractivity contribution in [3.8, 4) is 5.75 Å². The van der Waals surface area contributed by atoms with Crippen LogP contribution in [-0.4, -0.2) is 34.9 Å². The second kappa shape index (κ2) is 12.7. The first kappa shape index (κ1) is 21.6. The summed E-state index contributed by atoms with van der Waals surface area (Å²) >= 11 is 1.37. The normalized spacial score (nSPS) is 11.0. The molecule has 0 aliphatic heterocycles. The minimum atomic E-state index is -0.182. The largest absolute Gasteiger partial charge is 0.494 e. The van der Waals surface area contributed by atoms with Crippen LogP contribution in [0.15, 0.2) is 23.4 Å². The van der Waals surface area contributed by atoms with E-state index in [9.17, 15) is 4.79 Å². The number of aromatic nitrogens is 2. The van der Waals surface area contributed by atoms with E-state index >= 15 is 0 Å². The van der Waals surface area contributed by atoms with Crippen LogP contribution in [0.3, 0.4) is 0 Å². The van der Waals surface area contributed by atoms with Crippen molar-refractivity contribution in [1.29, 1.82) is 0 Å². The Morgan fingerprint density at radius 1 is 1.07 bits per heavy atom. The van der Waals surface area contributed by atoms with E-state index in [1.807, 2.05) is 25.1 Å². The summed E-state index contributed by atoms with van der Waals surface area (Å²) in [5.74, 6) is 0.906. The minimum Gasteiger partial charge on any atom is -0.494 e. The highest BCUT2D eigenvalue weighted by molar-refractivity contribution is 7.99. The van der Waals surface area contributed by atoms with Gasteiger partial charge in [0.15, 0.2) is 5.16 Å². The molecule has 27 heavy (non-hydrogen) atoms. The molecule has 6 heteroatoms. The summed E-state index contributed by atoms with van der Waals surface area (Å²) in [6.07, 6.45) is 9.92. The van der Waals surface area contributed by atoms with Gasteiger partial charge >= 0.3 is 5.97 Å². The molecule has 1 N–H and O–H groups in total. The van der Waals surface area contributed by atoms with Gasteiger partial charge in [-0.1, -0.05) is 63.6 Å². The molecule has 0 spiro atoms. The maximum atomic E-state index is 11.9. The first-order valence-corrected chi connectivity index (χ1v) is 11.1. The number of H-pyrrole nitrogens is 1. The van der Waals surface area contributed by atoms with Crippen molar-refractivity contribution in [3.05, 3.63) is 18.2 Å². The molecule has 0 amide bonds. The lowest BCUT2D eigenvalue weighted by molar-refractivity contribution is -0.140. The Morgan fingerprint density at radius 3 is 2.56 bits per heavy atom. The number of aromatic amines is 1. The number of thioether (sulfide) groups is 1. The smallest absolute Gasteiger partial charge is 0.316 e. The third-order valence-corrected chi connectivity index (χ3v) is 5.18. The SMILES string of the molecule is CCCCCCCCCCOC(=O)CSc1nc2ccc(OCC)cc2[nH]1. The predicted molar refractivity (Wildman–Crippen MR) is 112 cm³/mol. The van der Waals surface area contributed by atoms with E-state index in [2.05, 4.69) is 16.9 Å². The summed E-state index contributed by atoms with van der Waals surface area (Å²) in [4.78, 5) is 19.6. The third kappa shape index (κ3) is 8.24. The van der Waals surface area contributed by atoms with Crippen molar-refractivity contribution >= 4 is 28.8 Å². The fourth-order valence-corrected chi connectivity index (χ4v) is 3.56. The third-order valence-electron chi connectivity index (χ3n) is 4.33. The van der Waals surface area contributed by atoms with Crippen LogP contribution < -0.4 is 4.74 Å². The maximum Gasteiger partial charge on any atom is 0.316 e. The Bertz CT molecular complexity index is 687. The molecule has 1 aromatic heterocycles. The summed E-state index contributed by atoms with van der Waals surface area (Å²) in [5, 5.41) is 0.725. The number of fused-ring (bicyclic) bond motifs is 1. The number of rotatable bonds is 14. The molecule has 0 saturated carbocycles. The van der Waals surface area contributed by atoms with Crippen molar-refractivity contribution in [2.75, 3.05) is 19.0 Å². The van der Waals surface area contributed by atoms with Gasteiger partial charge in [-0.15, -0.1) is 0 Å². The van der Waals surface area contributed by atoms with Crippen LogP contribution in [0.1, 0.15) is 65.2 Å². The lowest BCUT2D eigenvalue weighted by atomic mass is 10.1. The molecule has 2 rings (SSSR count). The molecule has 0 saturated heterocycles. The highest BCUT2D eigenvalue weighted by Crippen LogP contribution is 2.23. The van der Waals surface area contributed by atoms with Crippen LogP contribution in [0.25, 0.3) is 11.0 Å². The summed E-state index contributed by atoms with van der Waals surface area (Å²) in [6, 6.07) is 5.75. The van der Waals surface area contributed by atoms with Crippen molar-refractivity contribution in [1.82, 2.24) is 9.97 Å². The topological polar surface area (TPSA) is 64.2 Å². The zero-order valence-corrected chi connectivity index (χ0v) is 17.4. The highest BCUT2D eigenvalue weighted by atomic mass is 32.2. The molecule has 5 nitrogen and oxygen atoms in total. The van der Waals surface area contributed by atoms with Crippen LogP contribution in [0, 0.1) is 0 Å². The summed E-state index contributed by atoms with van der Waals surface area (Å²) in [7, 11) is 0. The van der Waals surface area contributed by atoms with Crippen LogP contribution in [0.2, 0.25) is 0 Å². The molecular weight excluding hydrogens is 360 g/mol. The Kier molecular flexibility index (Phi) is 10.1. The zero-order chi connectivity index (χ0) is 19.3. The van der Waals surface area contributed by atoms with Gasteiger partial charge < -0.3 is 14.5 Å². The second-order valence-corrected chi connectivity index (χ2v) is 7.60. The summed E-state index contributed by atoms with van der Waals surface area (Å²) in [5.41, 5.74) is 1.78. The number of carbonyl (C=O) groups is 1. The Hall–Kier alpha value is -1.69. The van der Waals surface area contributed by atoms with E-state index in [1.165, 1.54) is 50.3 Å². The average Bonchev–Trinajstić information content (AvgIpc) is 3.07. The van der Waals surface area contributed by atoms with E-state index in [0.29, 0.717) is 13.2 Å². The highest BCUT2D eigenvalue weighted by Gasteiger charge is 2.09. The van der Waals surface area contributed by atoms with Gasteiger partial charge in [-0.2, -0.15) is 0 Å².